The summed E-state index contributed by atoms with van der Waals surface area (Å²) in [6.45, 7) is 5.85. The predicted octanol–water partition coefficient (Wildman–Crippen LogP) is 0.706. The molecule has 0 aliphatic heterocycles. The highest BCUT2D eigenvalue weighted by Crippen LogP contribution is 2.14. The molecule has 0 saturated heterocycles. The Morgan fingerprint density at radius 2 is 1.95 bits per heavy atom. The van der Waals surface area contributed by atoms with Gasteiger partial charge < -0.3 is 15.5 Å². The van der Waals surface area contributed by atoms with E-state index in [-0.39, 0.29) is 30.4 Å². The van der Waals surface area contributed by atoms with Crippen molar-refractivity contribution in [1.29, 1.82) is 0 Å². The van der Waals surface area contributed by atoms with Crippen molar-refractivity contribution in [2.24, 2.45) is 0 Å². The van der Waals surface area contributed by atoms with Gasteiger partial charge in [0.25, 0.3) is 11.8 Å². The Morgan fingerprint density at radius 1 is 1.29 bits per heavy atom. The molecule has 1 rings (SSSR count). The van der Waals surface area contributed by atoms with Gasteiger partial charge in [-0.1, -0.05) is 17.7 Å². The first-order valence-electron chi connectivity index (χ1n) is 6.97. The van der Waals surface area contributed by atoms with Crippen LogP contribution in [0.1, 0.15) is 20.8 Å². The maximum absolute atomic E-state index is 12.2. The number of rotatable bonds is 6. The zero-order valence-electron chi connectivity index (χ0n) is 12.9. The second-order valence-corrected chi connectivity index (χ2v) is 5.90. The molecule has 0 radical (unpaired) electrons. The molecule has 1 unspecified atom stereocenters. The number of hydrogen-bond donors (Lipinski definition) is 3. The van der Waals surface area contributed by atoms with Gasteiger partial charge in [0, 0.05) is 16.8 Å². The molecule has 0 saturated carbocycles. The fourth-order valence-corrected chi connectivity index (χ4v) is 2.01. The van der Waals surface area contributed by atoms with E-state index in [0.29, 0.717) is 10.7 Å². The van der Waals surface area contributed by atoms with Gasteiger partial charge in [0.1, 0.15) is 0 Å². The third-order valence-electron chi connectivity index (χ3n) is 3.11. The van der Waals surface area contributed by atoms with Crippen LogP contribution in [0.5, 0.6) is 0 Å². The van der Waals surface area contributed by atoms with E-state index in [2.05, 4.69) is 10.6 Å². The summed E-state index contributed by atoms with van der Waals surface area (Å²) in [7, 11) is 1.82. The van der Waals surface area contributed by atoms with Gasteiger partial charge in [0.15, 0.2) is 12.6 Å². The molecule has 0 spiro atoms. The minimum atomic E-state index is -0.345. The summed E-state index contributed by atoms with van der Waals surface area (Å²) in [5.74, 6) is -0.211. The average molecular weight is 313 g/mol. The van der Waals surface area contributed by atoms with E-state index in [0.717, 1.165) is 4.90 Å². The first kappa shape index (κ1) is 17.5. The van der Waals surface area contributed by atoms with E-state index in [4.69, 9.17) is 11.6 Å². The number of nitrogens with one attached hydrogen (secondary N) is 3. The second-order valence-electron chi connectivity index (χ2n) is 5.47. The summed E-state index contributed by atoms with van der Waals surface area (Å²) in [4.78, 5) is 24.7. The van der Waals surface area contributed by atoms with Crippen molar-refractivity contribution in [2.45, 2.75) is 32.9 Å². The summed E-state index contributed by atoms with van der Waals surface area (Å²) in [6, 6.07) is 6.73. The van der Waals surface area contributed by atoms with Crippen LogP contribution in [0, 0.1) is 0 Å². The van der Waals surface area contributed by atoms with Gasteiger partial charge in [-0.3, -0.25) is 9.59 Å². The van der Waals surface area contributed by atoms with E-state index in [1.54, 1.807) is 31.2 Å². The summed E-state index contributed by atoms with van der Waals surface area (Å²) in [5.41, 5.74) is 0.652. The Bertz CT molecular complexity index is 505. The second kappa shape index (κ2) is 8.00. The van der Waals surface area contributed by atoms with Crippen LogP contribution < -0.4 is 15.5 Å². The van der Waals surface area contributed by atoms with Crippen molar-refractivity contribution >= 4 is 29.1 Å². The molecular weight excluding hydrogens is 290 g/mol. The number of benzene rings is 1. The largest absolute Gasteiger partial charge is 0.349 e. The van der Waals surface area contributed by atoms with E-state index in [9.17, 15) is 9.59 Å². The van der Waals surface area contributed by atoms with E-state index in [1.165, 1.54) is 0 Å². The molecule has 116 valence electrons. The van der Waals surface area contributed by atoms with Crippen molar-refractivity contribution < 1.29 is 14.5 Å². The Kier molecular flexibility index (Phi) is 6.65. The fourth-order valence-electron chi connectivity index (χ4n) is 1.82. The highest BCUT2D eigenvalue weighted by molar-refractivity contribution is 6.30. The minimum Gasteiger partial charge on any atom is -0.349 e. The smallest absolute Gasteiger partial charge is 0.282 e. The Balaban J connectivity index is 2.55. The Hall–Kier alpha value is -1.59. The molecule has 5 nitrogen and oxygen atoms in total. The molecule has 0 aliphatic rings. The van der Waals surface area contributed by atoms with Crippen molar-refractivity contribution in [3.8, 4) is 0 Å². The normalized spacial score (nSPS) is 13.6. The first-order valence-corrected chi connectivity index (χ1v) is 7.35. The maximum atomic E-state index is 12.2. The lowest BCUT2D eigenvalue weighted by atomic mass is 10.2. The van der Waals surface area contributed by atoms with E-state index in [1.807, 2.05) is 20.9 Å². The van der Waals surface area contributed by atoms with Gasteiger partial charge in [0.05, 0.1) is 7.05 Å². The molecule has 0 fully saturated rings. The van der Waals surface area contributed by atoms with Crippen LogP contribution in [-0.2, 0) is 9.59 Å². The summed E-state index contributed by atoms with van der Waals surface area (Å²) < 4.78 is 0. The number of amides is 2. The van der Waals surface area contributed by atoms with Gasteiger partial charge >= 0.3 is 0 Å². The molecule has 0 aromatic heterocycles. The van der Waals surface area contributed by atoms with Crippen LogP contribution in [-0.4, -0.2) is 37.5 Å². The number of anilines is 1. The predicted molar refractivity (Wildman–Crippen MR) is 84.6 cm³/mol. The van der Waals surface area contributed by atoms with Crippen molar-refractivity contribution in [3.63, 3.8) is 0 Å². The van der Waals surface area contributed by atoms with Crippen molar-refractivity contribution in [2.75, 3.05) is 18.9 Å². The van der Waals surface area contributed by atoms with Gasteiger partial charge in [-0.05, 0) is 39.0 Å². The number of quaternary nitrogens is 1. The number of likely N-dealkylation sites (N-methyl/N-ethyl adjacent to an activating group) is 1. The lowest BCUT2D eigenvalue weighted by Gasteiger charge is -2.21. The third-order valence-corrected chi connectivity index (χ3v) is 3.35. The summed E-state index contributed by atoms with van der Waals surface area (Å²) in [6.07, 6.45) is 0. The van der Waals surface area contributed by atoms with Crippen LogP contribution >= 0.6 is 11.6 Å². The fraction of sp³-hybridized carbons (Fsp3) is 0.467. The molecule has 21 heavy (non-hydrogen) atoms. The Morgan fingerprint density at radius 3 is 2.52 bits per heavy atom. The maximum Gasteiger partial charge on any atom is 0.282 e. The molecule has 0 aliphatic carbocycles. The highest BCUT2D eigenvalue weighted by Gasteiger charge is 2.24. The topological polar surface area (TPSA) is 62.6 Å². The van der Waals surface area contributed by atoms with Crippen LogP contribution in [0.3, 0.4) is 0 Å². The average Bonchev–Trinajstić information content (AvgIpc) is 2.36. The molecule has 0 bridgehead atoms. The standard InChI is InChI=1S/C15H22ClN3O2/c1-10(2)17-14(20)9-19(4)11(3)15(21)18-13-7-5-6-12(16)8-13/h5-8,10-11H,9H2,1-4H3,(H,17,20)(H,18,21)/p+1/t11-/m0/s1. The molecular formula is C15H23ClN3O2+. The summed E-state index contributed by atoms with van der Waals surface area (Å²) in [5, 5.41) is 6.18. The lowest BCUT2D eigenvalue weighted by Crippen LogP contribution is -3.15. The molecule has 6 heteroatoms. The SMILES string of the molecule is CC(C)NC(=O)C[NH+](C)[C@@H](C)C(=O)Nc1cccc(Cl)c1. The number of halogens is 1. The van der Waals surface area contributed by atoms with E-state index >= 15 is 0 Å². The van der Waals surface area contributed by atoms with Crippen molar-refractivity contribution in [3.05, 3.63) is 29.3 Å². The lowest BCUT2D eigenvalue weighted by molar-refractivity contribution is -0.885. The zero-order valence-corrected chi connectivity index (χ0v) is 13.6. The molecule has 2 amide bonds. The van der Waals surface area contributed by atoms with Gasteiger partial charge in [-0.2, -0.15) is 0 Å². The molecule has 1 aromatic rings. The number of carbonyl (C=O) groups is 2. The quantitative estimate of drug-likeness (QED) is 0.724. The summed E-state index contributed by atoms with van der Waals surface area (Å²) >= 11 is 5.88. The van der Waals surface area contributed by atoms with Crippen LogP contribution in [0.15, 0.2) is 24.3 Å². The van der Waals surface area contributed by atoms with Gasteiger partial charge in [-0.15, -0.1) is 0 Å². The van der Waals surface area contributed by atoms with Crippen LogP contribution in [0.2, 0.25) is 5.02 Å². The zero-order chi connectivity index (χ0) is 16.0. The van der Waals surface area contributed by atoms with Crippen LogP contribution in [0.25, 0.3) is 0 Å². The highest BCUT2D eigenvalue weighted by atomic mass is 35.5. The molecule has 2 atom stereocenters. The first-order chi connectivity index (χ1) is 9.79. The van der Waals surface area contributed by atoms with E-state index < -0.39 is 0 Å². The molecule has 1 aromatic carbocycles. The van der Waals surface area contributed by atoms with Crippen LogP contribution in [0.4, 0.5) is 5.69 Å². The minimum absolute atomic E-state index is 0.0649. The number of hydrogen-bond acceptors (Lipinski definition) is 2. The number of carbonyl (C=O) groups excluding carboxylic acids is 2. The Labute approximate surface area is 130 Å². The van der Waals surface area contributed by atoms with Crippen molar-refractivity contribution in [1.82, 2.24) is 5.32 Å². The monoisotopic (exact) mass is 312 g/mol. The molecule has 0 heterocycles. The third kappa shape index (κ3) is 6.14. The molecule has 3 N–H and O–H groups in total. The van der Waals surface area contributed by atoms with Gasteiger partial charge in [0.2, 0.25) is 0 Å². The van der Waals surface area contributed by atoms with Gasteiger partial charge in [-0.25, -0.2) is 0 Å².